The van der Waals surface area contributed by atoms with Crippen molar-refractivity contribution < 1.29 is 22.6 Å². The minimum atomic E-state index is -4.54. The molecule has 1 aliphatic rings. The van der Waals surface area contributed by atoms with Gasteiger partial charge in [0.2, 0.25) is 6.79 Å². The second-order valence-electron chi connectivity index (χ2n) is 7.12. The van der Waals surface area contributed by atoms with Crippen molar-refractivity contribution in [3.8, 4) is 17.2 Å². The number of hydrogen-bond donors (Lipinski definition) is 0. The number of rotatable bonds is 3. The van der Waals surface area contributed by atoms with E-state index in [0.29, 0.717) is 22.4 Å². The Balaban J connectivity index is 1.68. The van der Waals surface area contributed by atoms with Crippen LogP contribution in [0.1, 0.15) is 17.0 Å². The number of ether oxygens (including phenoxy) is 2. The van der Waals surface area contributed by atoms with Crippen LogP contribution in [0.25, 0.3) is 28.7 Å². The Labute approximate surface area is 180 Å². The van der Waals surface area contributed by atoms with Gasteiger partial charge in [0.05, 0.1) is 22.2 Å². The molecule has 5 rings (SSSR count). The molecule has 0 saturated heterocycles. The number of benzene rings is 3. The molecule has 0 bridgehead atoms. The normalized spacial score (nSPS) is 13.2. The molecule has 0 spiro atoms. The molecule has 4 aromatic rings. The summed E-state index contributed by atoms with van der Waals surface area (Å²) in [6, 6.07) is 16.7. The molecule has 0 fully saturated rings. The number of fused-ring (bicyclic) bond motifs is 2. The Morgan fingerprint density at radius 1 is 0.906 bits per heavy atom. The summed E-state index contributed by atoms with van der Waals surface area (Å²) >= 11 is 0. The summed E-state index contributed by atoms with van der Waals surface area (Å²) in [5.74, 6) is 1.42. The zero-order valence-corrected chi connectivity index (χ0v) is 16.5. The number of para-hydroxylation sites is 1. The Morgan fingerprint density at radius 3 is 2.56 bits per heavy atom. The number of hydrogen-bond acceptors (Lipinski definition) is 4. The van der Waals surface area contributed by atoms with Crippen LogP contribution in [0.2, 0.25) is 0 Å². The van der Waals surface area contributed by atoms with Crippen molar-refractivity contribution >= 4 is 23.1 Å². The maximum absolute atomic E-state index is 13.3. The lowest BCUT2D eigenvalue weighted by atomic mass is 10.1. The van der Waals surface area contributed by atoms with Gasteiger partial charge >= 0.3 is 6.18 Å². The second kappa shape index (κ2) is 7.56. The van der Waals surface area contributed by atoms with E-state index in [2.05, 4.69) is 4.98 Å². The van der Waals surface area contributed by atoms with Crippen LogP contribution in [0.5, 0.6) is 11.5 Å². The van der Waals surface area contributed by atoms with Crippen LogP contribution < -0.4 is 15.0 Å². The van der Waals surface area contributed by atoms with Crippen LogP contribution in [-0.2, 0) is 6.18 Å². The predicted octanol–water partition coefficient (Wildman–Crippen LogP) is 5.30. The predicted molar refractivity (Wildman–Crippen MR) is 114 cm³/mol. The first-order valence-electron chi connectivity index (χ1n) is 9.67. The van der Waals surface area contributed by atoms with Crippen LogP contribution in [-0.4, -0.2) is 16.3 Å². The molecule has 0 aliphatic carbocycles. The third kappa shape index (κ3) is 3.60. The lowest BCUT2D eigenvalue weighted by molar-refractivity contribution is -0.137. The van der Waals surface area contributed by atoms with E-state index in [1.165, 1.54) is 16.7 Å². The first-order chi connectivity index (χ1) is 15.4. The standard InChI is InChI=1S/C24H15F3N2O3/c25-24(26,27)16-4-3-5-17(13-16)29-22(28-19-7-2-1-6-18(19)23(29)30)11-9-15-8-10-20-21(12-15)32-14-31-20/h1-13H,14H2/b11-9+. The summed E-state index contributed by atoms with van der Waals surface area (Å²) in [6.45, 7) is 0.143. The van der Waals surface area contributed by atoms with Crippen molar-refractivity contribution in [3.05, 3.63) is 94.0 Å². The summed E-state index contributed by atoms with van der Waals surface area (Å²) in [7, 11) is 0. The summed E-state index contributed by atoms with van der Waals surface area (Å²) in [5, 5.41) is 0.310. The lowest BCUT2D eigenvalue weighted by Crippen LogP contribution is -2.22. The zero-order valence-electron chi connectivity index (χ0n) is 16.5. The first-order valence-corrected chi connectivity index (χ1v) is 9.67. The van der Waals surface area contributed by atoms with Crippen molar-refractivity contribution in [1.29, 1.82) is 0 Å². The van der Waals surface area contributed by atoms with Gasteiger partial charge in [-0.15, -0.1) is 0 Å². The SMILES string of the molecule is O=c1c2ccccc2nc(/C=C/c2ccc3c(c2)OCO3)n1-c1cccc(C(F)(F)F)c1. The van der Waals surface area contributed by atoms with E-state index < -0.39 is 17.3 Å². The summed E-state index contributed by atoms with van der Waals surface area (Å²) in [6.07, 6.45) is -1.24. The average Bonchev–Trinajstić information content (AvgIpc) is 3.25. The highest BCUT2D eigenvalue weighted by Crippen LogP contribution is 2.33. The van der Waals surface area contributed by atoms with Crippen molar-refractivity contribution in [2.45, 2.75) is 6.18 Å². The number of alkyl halides is 3. The average molecular weight is 436 g/mol. The van der Waals surface area contributed by atoms with Crippen molar-refractivity contribution in [2.24, 2.45) is 0 Å². The third-order valence-electron chi connectivity index (χ3n) is 5.05. The molecule has 2 heterocycles. The Kier molecular flexibility index (Phi) is 4.70. The number of halogens is 3. The van der Waals surface area contributed by atoms with Gasteiger partial charge in [-0.2, -0.15) is 13.2 Å². The molecule has 1 aliphatic heterocycles. The third-order valence-corrected chi connectivity index (χ3v) is 5.05. The molecule has 160 valence electrons. The maximum Gasteiger partial charge on any atom is 0.416 e. The Bertz CT molecular complexity index is 1420. The van der Waals surface area contributed by atoms with Crippen molar-refractivity contribution in [3.63, 3.8) is 0 Å². The Hall–Kier alpha value is -4.07. The molecule has 0 radical (unpaired) electrons. The highest BCUT2D eigenvalue weighted by molar-refractivity contribution is 5.80. The van der Waals surface area contributed by atoms with E-state index in [9.17, 15) is 18.0 Å². The topological polar surface area (TPSA) is 53.4 Å². The van der Waals surface area contributed by atoms with E-state index in [4.69, 9.17) is 9.47 Å². The molecule has 0 atom stereocenters. The minimum Gasteiger partial charge on any atom is -0.454 e. The van der Waals surface area contributed by atoms with Crippen molar-refractivity contribution in [1.82, 2.24) is 9.55 Å². The molecule has 32 heavy (non-hydrogen) atoms. The van der Waals surface area contributed by atoms with Gasteiger partial charge in [0.25, 0.3) is 5.56 Å². The van der Waals surface area contributed by atoms with Crippen molar-refractivity contribution in [2.75, 3.05) is 6.79 Å². The lowest BCUT2D eigenvalue weighted by Gasteiger charge is -2.14. The van der Waals surface area contributed by atoms with Gasteiger partial charge in [-0.1, -0.05) is 30.3 Å². The highest BCUT2D eigenvalue weighted by Gasteiger charge is 2.30. The number of nitrogens with zero attached hydrogens (tertiary/aromatic N) is 2. The van der Waals surface area contributed by atoms with Gasteiger partial charge in [0, 0.05) is 0 Å². The number of aromatic nitrogens is 2. The minimum absolute atomic E-state index is 0.0772. The monoisotopic (exact) mass is 436 g/mol. The molecular weight excluding hydrogens is 421 g/mol. The van der Waals surface area contributed by atoms with Gasteiger partial charge in [-0.3, -0.25) is 9.36 Å². The van der Waals surface area contributed by atoms with E-state index in [0.717, 1.165) is 17.7 Å². The van der Waals surface area contributed by atoms with E-state index in [-0.39, 0.29) is 18.3 Å². The fraction of sp³-hybridized carbons (Fsp3) is 0.0833. The molecule has 1 aromatic heterocycles. The van der Waals surface area contributed by atoms with Crippen LogP contribution in [0.3, 0.4) is 0 Å². The summed E-state index contributed by atoms with van der Waals surface area (Å²) in [4.78, 5) is 17.8. The largest absolute Gasteiger partial charge is 0.454 e. The highest BCUT2D eigenvalue weighted by atomic mass is 19.4. The smallest absolute Gasteiger partial charge is 0.416 e. The van der Waals surface area contributed by atoms with Crippen LogP contribution >= 0.6 is 0 Å². The molecule has 5 nitrogen and oxygen atoms in total. The van der Waals surface area contributed by atoms with Gasteiger partial charge in [0.1, 0.15) is 5.82 Å². The van der Waals surface area contributed by atoms with Crippen LogP contribution in [0, 0.1) is 0 Å². The first kappa shape index (κ1) is 19.9. The molecule has 0 unspecified atom stereocenters. The summed E-state index contributed by atoms with van der Waals surface area (Å²) < 4.78 is 51.7. The Morgan fingerprint density at radius 2 is 1.72 bits per heavy atom. The fourth-order valence-corrected chi connectivity index (χ4v) is 3.52. The molecule has 8 heteroatoms. The van der Waals surface area contributed by atoms with Gasteiger partial charge in [0.15, 0.2) is 11.5 Å². The summed E-state index contributed by atoms with van der Waals surface area (Å²) in [5.41, 5.74) is -0.0206. The molecule has 0 saturated carbocycles. The van der Waals surface area contributed by atoms with E-state index in [1.807, 2.05) is 0 Å². The van der Waals surface area contributed by atoms with Gasteiger partial charge in [-0.25, -0.2) is 4.98 Å². The molecule has 0 amide bonds. The van der Waals surface area contributed by atoms with Gasteiger partial charge in [-0.05, 0) is 54.1 Å². The molecular formula is C24H15F3N2O3. The molecule has 3 aromatic carbocycles. The van der Waals surface area contributed by atoms with Crippen LogP contribution in [0.4, 0.5) is 13.2 Å². The second-order valence-corrected chi connectivity index (χ2v) is 7.12. The van der Waals surface area contributed by atoms with E-state index in [1.54, 1.807) is 54.6 Å². The van der Waals surface area contributed by atoms with Crippen LogP contribution in [0.15, 0.2) is 71.5 Å². The zero-order chi connectivity index (χ0) is 22.3. The maximum atomic E-state index is 13.3. The fourth-order valence-electron chi connectivity index (χ4n) is 3.52. The quantitative estimate of drug-likeness (QED) is 0.437. The molecule has 0 N–H and O–H groups in total. The van der Waals surface area contributed by atoms with E-state index >= 15 is 0 Å². The van der Waals surface area contributed by atoms with Gasteiger partial charge < -0.3 is 9.47 Å².